The highest BCUT2D eigenvalue weighted by Gasteiger charge is 2.30. The van der Waals surface area contributed by atoms with Crippen LogP contribution in [-0.4, -0.2) is 49.9 Å². The van der Waals surface area contributed by atoms with Gasteiger partial charge >= 0.3 is 0 Å². The molecule has 0 radical (unpaired) electrons. The van der Waals surface area contributed by atoms with Crippen molar-refractivity contribution in [1.82, 2.24) is 4.90 Å². The van der Waals surface area contributed by atoms with Crippen LogP contribution in [0.3, 0.4) is 0 Å². The van der Waals surface area contributed by atoms with Gasteiger partial charge in [0, 0.05) is 37.7 Å². The van der Waals surface area contributed by atoms with Crippen molar-refractivity contribution in [2.45, 2.75) is 25.0 Å². The lowest BCUT2D eigenvalue weighted by molar-refractivity contribution is -0.0735. The van der Waals surface area contributed by atoms with E-state index in [-0.39, 0.29) is 12.2 Å². The molecule has 2 N–H and O–H groups in total. The smallest absolute Gasteiger partial charge is 0.122 e. The van der Waals surface area contributed by atoms with Crippen molar-refractivity contribution in [2.24, 2.45) is 5.73 Å². The maximum atomic E-state index is 5.80. The molecule has 2 aliphatic heterocycles. The van der Waals surface area contributed by atoms with Crippen LogP contribution in [0.4, 0.5) is 0 Å². The highest BCUT2D eigenvalue weighted by atomic mass is 16.5. The first-order valence-electron chi connectivity index (χ1n) is 7.06. The Hall–Kier alpha value is -1.10. The molecule has 3 rings (SSSR count). The number of morpholine rings is 1. The van der Waals surface area contributed by atoms with Crippen LogP contribution < -0.4 is 10.5 Å². The van der Waals surface area contributed by atoms with E-state index in [0.717, 1.165) is 32.0 Å². The van der Waals surface area contributed by atoms with E-state index >= 15 is 0 Å². The summed E-state index contributed by atoms with van der Waals surface area (Å²) in [5.41, 5.74) is 7.07. The third-order valence-electron chi connectivity index (χ3n) is 3.94. The Morgan fingerprint density at radius 2 is 2.16 bits per heavy atom. The van der Waals surface area contributed by atoms with Crippen molar-refractivity contribution >= 4 is 0 Å². The Balaban J connectivity index is 1.66. The lowest BCUT2D eigenvalue weighted by atomic mass is 10.00. The van der Waals surface area contributed by atoms with Crippen molar-refractivity contribution in [2.75, 3.05) is 32.8 Å². The van der Waals surface area contributed by atoms with E-state index in [1.54, 1.807) is 0 Å². The van der Waals surface area contributed by atoms with Gasteiger partial charge in [-0.2, -0.15) is 0 Å². The van der Waals surface area contributed by atoms with Crippen LogP contribution in [0.1, 0.15) is 18.4 Å². The molecule has 0 aliphatic carbocycles. The predicted octanol–water partition coefficient (Wildman–Crippen LogP) is 1.21. The number of hydrogen-bond acceptors (Lipinski definition) is 4. The van der Waals surface area contributed by atoms with Crippen molar-refractivity contribution < 1.29 is 9.47 Å². The second-order valence-corrected chi connectivity index (χ2v) is 5.57. The van der Waals surface area contributed by atoms with Gasteiger partial charge in [-0.15, -0.1) is 0 Å². The third kappa shape index (κ3) is 2.76. The number of rotatable bonds is 3. The molecule has 1 saturated heterocycles. The maximum Gasteiger partial charge on any atom is 0.122 e. The van der Waals surface area contributed by atoms with Gasteiger partial charge in [0.2, 0.25) is 0 Å². The van der Waals surface area contributed by atoms with Crippen molar-refractivity contribution in [1.29, 1.82) is 0 Å². The zero-order valence-electron chi connectivity index (χ0n) is 11.4. The van der Waals surface area contributed by atoms with Gasteiger partial charge in [-0.05, 0) is 13.0 Å². The molecule has 1 aromatic rings. The van der Waals surface area contributed by atoms with Crippen molar-refractivity contribution in [3.8, 4) is 5.75 Å². The maximum absolute atomic E-state index is 5.80. The van der Waals surface area contributed by atoms with E-state index in [1.165, 1.54) is 5.56 Å². The van der Waals surface area contributed by atoms with Gasteiger partial charge < -0.3 is 15.2 Å². The molecule has 3 unspecified atom stereocenters. The average Bonchev–Trinajstić information content (AvgIpc) is 2.82. The molecular formula is C15H22N2O2. The van der Waals surface area contributed by atoms with Crippen molar-refractivity contribution in [3.05, 3.63) is 29.8 Å². The molecule has 104 valence electrons. The van der Waals surface area contributed by atoms with E-state index < -0.39 is 0 Å². The zero-order chi connectivity index (χ0) is 13.2. The first kappa shape index (κ1) is 12.9. The molecule has 0 amide bonds. The fourth-order valence-electron chi connectivity index (χ4n) is 3.11. The van der Waals surface area contributed by atoms with E-state index in [2.05, 4.69) is 30.0 Å². The summed E-state index contributed by atoms with van der Waals surface area (Å²) in [5, 5.41) is 0. The first-order valence-corrected chi connectivity index (χ1v) is 7.06. The van der Waals surface area contributed by atoms with Crippen LogP contribution in [-0.2, 0) is 4.74 Å². The van der Waals surface area contributed by atoms with Gasteiger partial charge in [0.1, 0.15) is 5.75 Å². The summed E-state index contributed by atoms with van der Waals surface area (Å²) in [4.78, 5) is 2.46. The molecule has 2 heterocycles. The summed E-state index contributed by atoms with van der Waals surface area (Å²) in [6, 6.07) is 8.35. The van der Waals surface area contributed by atoms with Crippen LogP contribution in [0.5, 0.6) is 5.75 Å². The molecule has 0 bridgehead atoms. The SMILES string of the molecule is CC1CN(CC2COc3ccccc32)CC(CN)O1. The van der Waals surface area contributed by atoms with E-state index in [0.29, 0.717) is 12.5 Å². The number of hydrogen-bond donors (Lipinski definition) is 1. The molecule has 19 heavy (non-hydrogen) atoms. The molecule has 0 spiro atoms. The zero-order valence-corrected chi connectivity index (χ0v) is 11.4. The summed E-state index contributed by atoms with van der Waals surface area (Å²) >= 11 is 0. The van der Waals surface area contributed by atoms with Crippen molar-refractivity contribution in [3.63, 3.8) is 0 Å². The largest absolute Gasteiger partial charge is 0.493 e. The second kappa shape index (κ2) is 5.49. The van der Waals surface area contributed by atoms with Crippen LogP contribution in [0.2, 0.25) is 0 Å². The van der Waals surface area contributed by atoms with Gasteiger partial charge in [0.15, 0.2) is 0 Å². The second-order valence-electron chi connectivity index (χ2n) is 5.57. The van der Waals surface area contributed by atoms with Gasteiger partial charge in [-0.3, -0.25) is 4.90 Å². The summed E-state index contributed by atoms with van der Waals surface area (Å²) in [7, 11) is 0. The lowest BCUT2D eigenvalue weighted by Gasteiger charge is -2.37. The molecule has 0 saturated carbocycles. The monoisotopic (exact) mass is 262 g/mol. The van der Waals surface area contributed by atoms with Gasteiger partial charge in [-0.1, -0.05) is 18.2 Å². The topological polar surface area (TPSA) is 47.7 Å². The summed E-state index contributed by atoms with van der Waals surface area (Å²) in [5.74, 6) is 1.52. The molecule has 4 nitrogen and oxygen atoms in total. The number of fused-ring (bicyclic) bond motifs is 1. The number of nitrogens with two attached hydrogens (primary N) is 1. The number of ether oxygens (including phenoxy) is 2. The minimum Gasteiger partial charge on any atom is -0.493 e. The Morgan fingerprint density at radius 1 is 1.32 bits per heavy atom. The van der Waals surface area contributed by atoms with E-state index in [4.69, 9.17) is 15.2 Å². The Morgan fingerprint density at radius 3 is 3.00 bits per heavy atom. The molecule has 0 aromatic heterocycles. The Kier molecular flexibility index (Phi) is 3.73. The van der Waals surface area contributed by atoms with Crippen LogP contribution >= 0.6 is 0 Å². The third-order valence-corrected chi connectivity index (χ3v) is 3.94. The highest BCUT2D eigenvalue weighted by Crippen LogP contribution is 2.34. The molecule has 3 atom stereocenters. The first-order chi connectivity index (χ1) is 9.26. The van der Waals surface area contributed by atoms with Gasteiger partial charge in [0.25, 0.3) is 0 Å². The molecular weight excluding hydrogens is 240 g/mol. The minimum absolute atomic E-state index is 0.168. The molecule has 2 aliphatic rings. The van der Waals surface area contributed by atoms with Crippen LogP contribution in [0, 0.1) is 0 Å². The fraction of sp³-hybridized carbons (Fsp3) is 0.600. The van der Waals surface area contributed by atoms with E-state index in [1.807, 2.05) is 6.07 Å². The molecule has 4 heteroatoms. The number of nitrogens with zero attached hydrogens (tertiary/aromatic N) is 1. The predicted molar refractivity (Wildman–Crippen MR) is 74.5 cm³/mol. The van der Waals surface area contributed by atoms with Crippen LogP contribution in [0.15, 0.2) is 24.3 Å². The summed E-state index contributed by atoms with van der Waals surface area (Å²) in [6.45, 7) is 6.45. The molecule has 1 fully saturated rings. The Labute approximate surface area is 114 Å². The number of benzene rings is 1. The average molecular weight is 262 g/mol. The summed E-state index contributed by atoms with van der Waals surface area (Å²) in [6.07, 6.45) is 0.432. The van der Waals surface area contributed by atoms with Gasteiger partial charge in [0.05, 0.1) is 18.8 Å². The Bertz CT molecular complexity index is 438. The lowest BCUT2D eigenvalue weighted by Crippen LogP contribution is -2.50. The van der Waals surface area contributed by atoms with Crippen LogP contribution in [0.25, 0.3) is 0 Å². The van der Waals surface area contributed by atoms with E-state index in [9.17, 15) is 0 Å². The molecule has 1 aromatic carbocycles. The fourth-order valence-corrected chi connectivity index (χ4v) is 3.11. The minimum atomic E-state index is 0.168. The number of para-hydroxylation sites is 1. The standard InChI is InChI=1S/C15H22N2O2/c1-11-7-17(9-13(6-16)19-11)8-12-10-18-15-5-3-2-4-14(12)15/h2-5,11-13H,6-10,16H2,1H3. The highest BCUT2D eigenvalue weighted by molar-refractivity contribution is 5.39. The quantitative estimate of drug-likeness (QED) is 0.889. The summed E-state index contributed by atoms with van der Waals surface area (Å²) < 4.78 is 11.6. The van der Waals surface area contributed by atoms with Gasteiger partial charge in [-0.25, -0.2) is 0 Å². The normalized spacial score (nSPS) is 30.9.